The van der Waals surface area contributed by atoms with Crippen LogP contribution in [0.1, 0.15) is 38.3 Å². The van der Waals surface area contributed by atoms with Gasteiger partial charge in [-0.05, 0) is 37.8 Å². The van der Waals surface area contributed by atoms with E-state index in [0.29, 0.717) is 19.6 Å². The lowest BCUT2D eigenvalue weighted by atomic mass is 10.1. The average Bonchev–Trinajstić information content (AvgIpc) is 2.54. The molecule has 0 radical (unpaired) electrons. The average molecular weight is 319 g/mol. The van der Waals surface area contributed by atoms with E-state index in [4.69, 9.17) is 4.74 Å². The van der Waals surface area contributed by atoms with E-state index in [1.165, 1.54) is 11.8 Å². The van der Waals surface area contributed by atoms with Gasteiger partial charge in [0.05, 0.1) is 12.3 Å². The molecule has 126 valence electrons. The lowest BCUT2D eigenvalue weighted by Crippen LogP contribution is -2.38. The molecule has 23 heavy (non-hydrogen) atoms. The molecule has 0 aliphatic heterocycles. The van der Waals surface area contributed by atoms with Crippen molar-refractivity contribution in [1.29, 1.82) is 0 Å². The van der Waals surface area contributed by atoms with Crippen molar-refractivity contribution in [2.75, 3.05) is 13.2 Å². The zero-order valence-electron chi connectivity index (χ0n) is 14.0. The summed E-state index contributed by atoms with van der Waals surface area (Å²) in [5, 5.41) is 6.29. The third-order valence-electron chi connectivity index (χ3n) is 3.03. The van der Waals surface area contributed by atoms with E-state index in [-0.39, 0.29) is 6.10 Å². The predicted molar refractivity (Wildman–Crippen MR) is 90.3 cm³/mol. The van der Waals surface area contributed by atoms with Crippen molar-refractivity contribution in [3.8, 4) is 0 Å². The van der Waals surface area contributed by atoms with Gasteiger partial charge in [0.1, 0.15) is 0 Å². The maximum atomic E-state index is 11.5. The molecule has 6 heteroatoms. The zero-order chi connectivity index (χ0) is 17.1. The molecule has 0 saturated carbocycles. The van der Waals surface area contributed by atoms with Crippen molar-refractivity contribution in [3.63, 3.8) is 0 Å². The highest BCUT2D eigenvalue weighted by Gasteiger charge is 2.11. The molecule has 0 atom stereocenters. The first-order valence-corrected chi connectivity index (χ1v) is 7.84. The third-order valence-corrected chi connectivity index (χ3v) is 3.03. The van der Waals surface area contributed by atoms with Gasteiger partial charge in [0.2, 0.25) is 0 Å². The molecule has 0 aliphatic carbocycles. The summed E-state index contributed by atoms with van der Waals surface area (Å²) in [6.07, 6.45) is 3.29. The molecular weight excluding hydrogens is 294 g/mol. The summed E-state index contributed by atoms with van der Waals surface area (Å²) in [4.78, 5) is 23.1. The van der Waals surface area contributed by atoms with Gasteiger partial charge in [-0.1, -0.05) is 31.2 Å². The van der Waals surface area contributed by atoms with Crippen molar-refractivity contribution in [1.82, 2.24) is 10.7 Å². The van der Waals surface area contributed by atoms with E-state index < -0.39 is 11.8 Å². The second-order valence-electron chi connectivity index (χ2n) is 5.32. The molecule has 2 amide bonds. The fourth-order valence-corrected chi connectivity index (χ4v) is 1.73. The number of nitrogens with zero attached hydrogens (tertiary/aromatic N) is 1. The van der Waals surface area contributed by atoms with Crippen LogP contribution in [0.4, 0.5) is 0 Å². The number of carbonyl (C=O) groups is 2. The van der Waals surface area contributed by atoms with Gasteiger partial charge in [-0.2, -0.15) is 5.10 Å². The van der Waals surface area contributed by atoms with Crippen molar-refractivity contribution in [2.45, 2.75) is 39.7 Å². The Kier molecular flexibility index (Phi) is 8.60. The lowest BCUT2D eigenvalue weighted by molar-refractivity contribution is -0.139. The first kappa shape index (κ1) is 18.8. The fraction of sp³-hybridized carbons (Fsp3) is 0.471. The van der Waals surface area contributed by atoms with Gasteiger partial charge < -0.3 is 10.1 Å². The normalized spacial score (nSPS) is 11.0. The number of hydrogen-bond donors (Lipinski definition) is 2. The minimum absolute atomic E-state index is 0.162. The van der Waals surface area contributed by atoms with E-state index in [2.05, 4.69) is 22.8 Å². The standard InChI is InChI=1S/C17H25N3O3/c1-4-14-6-8-15(9-7-14)12-19-20-17(22)16(21)18-10-5-11-23-13(2)3/h6-9,12-13H,4-5,10-11H2,1-3H3,(H,18,21)(H,20,22)/b19-12-. The maximum Gasteiger partial charge on any atom is 0.329 e. The number of benzene rings is 1. The molecule has 1 aromatic rings. The number of rotatable bonds is 8. The Hall–Kier alpha value is -2.21. The minimum atomic E-state index is -0.781. The zero-order valence-corrected chi connectivity index (χ0v) is 14.0. The van der Waals surface area contributed by atoms with Crippen LogP contribution in [0.15, 0.2) is 29.4 Å². The second kappa shape index (κ2) is 10.5. The van der Waals surface area contributed by atoms with Gasteiger partial charge in [0.25, 0.3) is 0 Å². The smallest absolute Gasteiger partial charge is 0.329 e. The van der Waals surface area contributed by atoms with E-state index in [1.807, 2.05) is 38.1 Å². The van der Waals surface area contributed by atoms with Crippen LogP contribution in [-0.2, 0) is 20.7 Å². The first-order valence-electron chi connectivity index (χ1n) is 7.84. The Morgan fingerprint density at radius 1 is 1.22 bits per heavy atom. The molecular formula is C17H25N3O3. The summed E-state index contributed by atoms with van der Waals surface area (Å²) >= 11 is 0. The van der Waals surface area contributed by atoms with Crippen molar-refractivity contribution >= 4 is 18.0 Å². The molecule has 0 fully saturated rings. The topological polar surface area (TPSA) is 79.8 Å². The van der Waals surface area contributed by atoms with Crippen LogP contribution in [-0.4, -0.2) is 37.3 Å². The van der Waals surface area contributed by atoms with E-state index in [0.717, 1.165) is 12.0 Å². The highest BCUT2D eigenvalue weighted by atomic mass is 16.5. The summed E-state index contributed by atoms with van der Waals surface area (Å²) in [5.74, 6) is -1.48. The van der Waals surface area contributed by atoms with Gasteiger partial charge in [0, 0.05) is 13.2 Å². The monoisotopic (exact) mass is 319 g/mol. The van der Waals surface area contributed by atoms with Crippen LogP contribution in [0.25, 0.3) is 0 Å². The molecule has 0 aromatic heterocycles. The maximum absolute atomic E-state index is 11.5. The van der Waals surface area contributed by atoms with Gasteiger partial charge in [0.15, 0.2) is 0 Å². The number of hydrazone groups is 1. The van der Waals surface area contributed by atoms with E-state index >= 15 is 0 Å². The van der Waals surface area contributed by atoms with Gasteiger partial charge >= 0.3 is 11.8 Å². The molecule has 2 N–H and O–H groups in total. The van der Waals surface area contributed by atoms with Gasteiger partial charge in [-0.25, -0.2) is 5.43 Å². The highest BCUT2D eigenvalue weighted by molar-refractivity contribution is 6.35. The predicted octanol–water partition coefficient (Wildman–Crippen LogP) is 1.63. The molecule has 0 saturated heterocycles. The van der Waals surface area contributed by atoms with Crippen molar-refractivity contribution in [3.05, 3.63) is 35.4 Å². The van der Waals surface area contributed by atoms with Crippen LogP contribution in [0.5, 0.6) is 0 Å². The van der Waals surface area contributed by atoms with E-state index in [9.17, 15) is 9.59 Å². The van der Waals surface area contributed by atoms with Crippen LogP contribution >= 0.6 is 0 Å². The van der Waals surface area contributed by atoms with Crippen molar-refractivity contribution < 1.29 is 14.3 Å². The SMILES string of the molecule is CCc1ccc(/C=N\NC(=O)C(=O)NCCCOC(C)C)cc1. The molecule has 0 bridgehead atoms. The first-order chi connectivity index (χ1) is 11.0. The van der Waals surface area contributed by atoms with Gasteiger partial charge in [-0.15, -0.1) is 0 Å². The molecule has 0 spiro atoms. The highest BCUT2D eigenvalue weighted by Crippen LogP contribution is 2.02. The largest absolute Gasteiger partial charge is 0.379 e. The Morgan fingerprint density at radius 3 is 2.52 bits per heavy atom. The lowest BCUT2D eigenvalue weighted by Gasteiger charge is -2.07. The van der Waals surface area contributed by atoms with Crippen molar-refractivity contribution in [2.24, 2.45) is 5.10 Å². The summed E-state index contributed by atoms with van der Waals surface area (Å²) in [6.45, 7) is 6.91. The third kappa shape index (κ3) is 8.11. The van der Waals surface area contributed by atoms with Crippen LogP contribution in [0.3, 0.4) is 0 Å². The Balaban J connectivity index is 2.26. The molecule has 0 unspecified atom stereocenters. The molecule has 6 nitrogen and oxygen atoms in total. The summed E-state index contributed by atoms with van der Waals surface area (Å²) in [5.41, 5.74) is 4.29. The van der Waals surface area contributed by atoms with Crippen LogP contribution in [0, 0.1) is 0 Å². The Labute approximate surface area is 137 Å². The van der Waals surface area contributed by atoms with E-state index in [1.54, 1.807) is 0 Å². The molecule has 1 rings (SSSR count). The Bertz CT molecular complexity index is 524. The fourth-order valence-electron chi connectivity index (χ4n) is 1.73. The molecule has 1 aromatic carbocycles. The summed E-state index contributed by atoms with van der Waals surface area (Å²) in [6, 6.07) is 7.80. The summed E-state index contributed by atoms with van der Waals surface area (Å²) < 4.78 is 5.34. The number of aryl methyl sites for hydroxylation is 1. The number of nitrogens with one attached hydrogen (secondary N) is 2. The quantitative estimate of drug-likeness (QED) is 0.331. The number of carbonyl (C=O) groups excluding carboxylic acids is 2. The number of ether oxygens (including phenoxy) is 1. The van der Waals surface area contributed by atoms with Crippen LogP contribution < -0.4 is 10.7 Å². The minimum Gasteiger partial charge on any atom is -0.379 e. The Morgan fingerprint density at radius 2 is 1.91 bits per heavy atom. The van der Waals surface area contributed by atoms with Gasteiger partial charge in [-0.3, -0.25) is 9.59 Å². The summed E-state index contributed by atoms with van der Waals surface area (Å²) in [7, 11) is 0. The molecule has 0 aliphatic rings. The number of amides is 2. The number of hydrogen-bond acceptors (Lipinski definition) is 4. The van der Waals surface area contributed by atoms with Crippen LogP contribution in [0.2, 0.25) is 0 Å². The second-order valence-corrected chi connectivity index (χ2v) is 5.32. The molecule has 0 heterocycles.